The predicted octanol–water partition coefficient (Wildman–Crippen LogP) is 1.23. The van der Waals surface area contributed by atoms with Crippen LogP contribution in [0.1, 0.15) is 0 Å². The number of hydrogen-bond acceptors (Lipinski definition) is 6. The Labute approximate surface area is 70.1 Å². The molecule has 2 heterocycles. The zero-order chi connectivity index (χ0) is 7.97. The first-order valence-corrected chi connectivity index (χ1v) is 4.06. The van der Waals surface area contributed by atoms with Gasteiger partial charge in [-0.15, -0.1) is 5.10 Å². The molecule has 58 valence electrons. The molecular formula is C6H2N4OS. The minimum Gasteiger partial charge on any atom is -0.243 e. The summed E-state index contributed by atoms with van der Waals surface area (Å²) in [7, 11) is 0. The molecule has 0 fully saturated rings. The third kappa shape index (κ3) is 0.620. The van der Waals surface area contributed by atoms with Crippen molar-refractivity contribution in [3.63, 3.8) is 0 Å². The fraction of sp³-hybridized carbons (Fsp3) is 0. The van der Waals surface area contributed by atoms with E-state index in [1.807, 2.05) is 12.1 Å². The Morgan fingerprint density at radius 1 is 1.17 bits per heavy atom. The van der Waals surface area contributed by atoms with Crippen molar-refractivity contribution in [3.05, 3.63) is 12.1 Å². The van der Waals surface area contributed by atoms with Gasteiger partial charge in [0.25, 0.3) is 0 Å². The van der Waals surface area contributed by atoms with Crippen LogP contribution >= 0.6 is 11.5 Å². The summed E-state index contributed by atoms with van der Waals surface area (Å²) in [5.41, 5.74) is 2.32. The van der Waals surface area contributed by atoms with E-state index in [2.05, 4.69) is 24.5 Å². The summed E-state index contributed by atoms with van der Waals surface area (Å²) in [6.45, 7) is 0. The van der Waals surface area contributed by atoms with E-state index >= 15 is 0 Å². The summed E-state index contributed by atoms with van der Waals surface area (Å²) in [6.07, 6.45) is 0. The van der Waals surface area contributed by atoms with Crippen molar-refractivity contribution in [3.8, 4) is 0 Å². The molecular weight excluding hydrogens is 176 g/mol. The molecule has 0 bridgehead atoms. The standard InChI is InChI=1S/C6H2N4OS/c1-2-4-6(12-10-7-4)5-3(1)8-11-9-5/h1-2H. The lowest BCUT2D eigenvalue weighted by molar-refractivity contribution is 0.316. The molecule has 0 saturated heterocycles. The molecule has 2 aromatic heterocycles. The molecule has 0 aliphatic heterocycles. The molecule has 5 nitrogen and oxygen atoms in total. The highest BCUT2D eigenvalue weighted by atomic mass is 32.1. The number of rotatable bonds is 0. The van der Waals surface area contributed by atoms with Crippen LogP contribution in [-0.2, 0) is 0 Å². The van der Waals surface area contributed by atoms with Crippen LogP contribution < -0.4 is 0 Å². The Hall–Kier alpha value is -1.56. The van der Waals surface area contributed by atoms with E-state index in [1.54, 1.807) is 0 Å². The number of fused-ring (bicyclic) bond motifs is 3. The molecule has 0 aliphatic rings. The second-order valence-electron chi connectivity index (χ2n) is 2.32. The van der Waals surface area contributed by atoms with Gasteiger partial charge < -0.3 is 0 Å². The van der Waals surface area contributed by atoms with Crippen molar-refractivity contribution in [2.75, 3.05) is 0 Å². The van der Waals surface area contributed by atoms with Crippen LogP contribution in [0.25, 0.3) is 21.3 Å². The van der Waals surface area contributed by atoms with Gasteiger partial charge in [0.1, 0.15) is 15.7 Å². The fourth-order valence-electron chi connectivity index (χ4n) is 1.09. The van der Waals surface area contributed by atoms with Crippen LogP contribution in [0.4, 0.5) is 0 Å². The van der Waals surface area contributed by atoms with Crippen LogP contribution in [0.3, 0.4) is 0 Å². The van der Waals surface area contributed by atoms with Gasteiger partial charge in [0, 0.05) is 0 Å². The maximum atomic E-state index is 4.59. The van der Waals surface area contributed by atoms with Crippen LogP contribution in [0.5, 0.6) is 0 Å². The van der Waals surface area contributed by atoms with Crippen molar-refractivity contribution < 1.29 is 4.63 Å². The lowest BCUT2D eigenvalue weighted by Gasteiger charge is -1.82. The Bertz CT molecular complexity index is 493. The summed E-state index contributed by atoms with van der Waals surface area (Å²) in [6, 6.07) is 3.67. The highest BCUT2D eigenvalue weighted by Crippen LogP contribution is 2.23. The molecule has 0 atom stereocenters. The molecule has 0 saturated carbocycles. The lowest BCUT2D eigenvalue weighted by Crippen LogP contribution is -1.70. The van der Waals surface area contributed by atoms with Gasteiger partial charge in [-0.3, -0.25) is 0 Å². The molecule has 0 aliphatic carbocycles. The monoisotopic (exact) mass is 178 g/mol. The van der Waals surface area contributed by atoms with Gasteiger partial charge in [0.2, 0.25) is 0 Å². The molecule has 0 unspecified atom stereocenters. The summed E-state index contributed by atoms with van der Waals surface area (Å²) in [5.74, 6) is 0. The second-order valence-corrected chi connectivity index (χ2v) is 3.07. The Kier molecular flexibility index (Phi) is 0.991. The molecule has 0 N–H and O–H groups in total. The van der Waals surface area contributed by atoms with Crippen molar-refractivity contribution in [2.45, 2.75) is 0 Å². The maximum Gasteiger partial charge on any atom is 0.156 e. The van der Waals surface area contributed by atoms with Crippen LogP contribution in [0.2, 0.25) is 0 Å². The number of benzene rings is 1. The first-order valence-electron chi connectivity index (χ1n) is 3.28. The molecule has 12 heavy (non-hydrogen) atoms. The molecule has 6 heteroatoms. The normalized spacial score (nSPS) is 11.3. The van der Waals surface area contributed by atoms with Gasteiger partial charge in [0.15, 0.2) is 5.52 Å². The smallest absolute Gasteiger partial charge is 0.156 e. The zero-order valence-corrected chi connectivity index (χ0v) is 6.58. The van der Waals surface area contributed by atoms with E-state index in [0.717, 1.165) is 21.3 Å². The topological polar surface area (TPSA) is 64.7 Å². The molecule has 3 aromatic rings. The second kappa shape index (κ2) is 1.98. The van der Waals surface area contributed by atoms with Crippen LogP contribution in [0, 0.1) is 0 Å². The summed E-state index contributed by atoms with van der Waals surface area (Å²) in [4.78, 5) is 0. The van der Waals surface area contributed by atoms with E-state index in [4.69, 9.17) is 0 Å². The number of aromatic nitrogens is 4. The first-order chi connectivity index (χ1) is 5.95. The van der Waals surface area contributed by atoms with E-state index in [0.29, 0.717) is 0 Å². The quantitative estimate of drug-likeness (QED) is 0.518. The average Bonchev–Trinajstić information content (AvgIpc) is 2.71. The highest BCUT2D eigenvalue weighted by Gasteiger charge is 2.07. The van der Waals surface area contributed by atoms with Crippen LogP contribution in [-0.4, -0.2) is 19.9 Å². The molecule has 3 rings (SSSR count). The summed E-state index contributed by atoms with van der Waals surface area (Å²) < 4.78 is 9.33. The lowest BCUT2D eigenvalue weighted by atomic mass is 10.3. The van der Waals surface area contributed by atoms with Gasteiger partial charge in [-0.25, -0.2) is 4.63 Å². The number of hydrogen-bond donors (Lipinski definition) is 0. The molecule has 1 aromatic carbocycles. The van der Waals surface area contributed by atoms with Crippen molar-refractivity contribution in [2.24, 2.45) is 0 Å². The average molecular weight is 178 g/mol. The van der Waals surface area contributed by atoms with Crippen molar-refractivity contribution in [1.82, 2.24) is 19.9 Å². The largest absolute Gasteiger partial charge is 0.243 e. The van der Waals surface area contributed by atoms with Gasteiger partial charge in [-0.05, 0) is 34.0 Å². The van der Waals surface area contributed by atoms with E-state index in [1.165, 1.54) is 11.5 Å². The van der Waals surface area contributed by atoms with E-state index < -0.39 is 0 Å². The molecule has 0 amide bonds. The van der Waals surface area contributed by atoms with E-state index in [-0.39, 0.29) is 0 Å². The SMILES string of the molecule is c1cc2nnsc2c2nonc12. The molecule has 0 spiro atoms. The highest BCUT2D eigenvalue weighted by molar-refractivity contribution is 7.14. The summed E-state index contributed by atoms with van der Waals surface area (Å²) in [5, 5.41) is 11.4. The van der Waals surface area contributed by atoms with Gasteiger partial charge in [-0.1, -0.05) is 4.49 Å². The first kappa shape index (κ1) is 6.01. The maximum absolute atomic E-state index is 4.59. The van der Waals surface area contributed by atoms with Gasteiger partial charge >= 0.3 is 0 Å². The third-order valence-corrected chi connectivity index (χ3v) is 2.39. The minimum atomic E-state index is 0.738. The minimum absolute atomic E-state index is 0.738. The zero-order valence-electron chi connectivity index (χ0n) is 5.76. The van der Waals surface area contributed by atoms with Crippen LogP contribution in [0.15, 0.2) is 16.8 Å². The summed E-state index contributed by atoms with van der Waals surface area (Å²) >= 11 is 1.30. The van der Waals surface area contributed by atoms with Gasteiger partial charge in [0.05, 0.1) is 0 Å². The Morgan fingerprint density at radius 2 is 2.08 bits per heavy atom. The van der Waals surface area contributed by atoms with Gasteiger partial charge in [-0.2, -0.15) is 0 Å². The van der Waals surface area contributed by atoms with Crippen molar-refractivity contribution in [1.29, 1.82) is 0 Å². The Balaban J connectivity index is 2.71. The number of nitrogens with zero attached hydrogens (tertiary/aromatic N) is 4. The van der Waals surface area contributed by atoms with E-state index in [9.17, 15) is 0 Å². The third-order valence-electron chi connectivity index (χ3n) is 1.64. The van der Waals surface area contributed by atoms with Crippen molar-refractivity contribution >= 4 is 32.8 Å². The fourth-order valence-corrected chi connectivity index (χ4v) is 1.73. The molecule has 0 radical (unpaired) electrons. The predicted molar refractivity (Wildman–Crippen MR) is 42.8 cm³/mol. The Morgan fingerprint density at radius 3 is 3.08 bits per heavy atom.